The Hall–Kier alpha value is -0.0716. The second-order valence-electron chi connectivity index (χ2n) is 3.07. The van der Waals surface area contributed by atoms with E-state index in [2.05, 4.69) is 27.5 Å². The summed E-state index contributed by atoms with van der Waals surface area (Å²) >= 11 is -0.491. The zero-order valence-corrected chi connectivity index (χ0v) is 11.4. The van der Waals surface area contributed by atoms with E-state index in [1.165, 1.54) is 5.75 Å². The molecule has 1 radical (unpaired) electrons. The molecule has 0 aliphatic rings. The molecule has 0 aromatic heterocycles. The van der Waals surface area contributed by atoms with Crippen LogP contribution in [0.15, 0.2) is 24.3 Å². The fraction of sp³-hybridized carbons (Fsp3) is 0.455. The number of para-hydroxylation sites is 1. The zero-order valence-electron chi connectivity index (χ0n) is 8.69. The van der Waals surface area contributed by atoms with Crippen LogP contribution in [0.2, 0.25) is 11.4 Å². The molecule has 0 saturated heterocycles. The van der Waals surface area contributed by atoms with Gasteiger partial charge in [0.25, 0.3) is 0 Å². The van der Waals surface area contributed by atoms with Crippen LogP contribution in [0.5, 0.6) is 5.75 Å². The SMILES string of the molecule is C[As](C)SCCCOc1[c]cccc1. The Morgan fingerprint density at radius 1 is 1.43 bits per heavy atom. The molecular weight excluding hydrogens is 255 g/mol. The Balaban J connectivity index is 2.05. The molecule has 0 N–H and O–H groups in total. The summed E-state index contributed by atoms with van der Waals surface area (Å²) in [6.45, 7) is 0.815. The third-order valence-electron chi connectivity index (χ3n) is 1.58. The van der Waals surface area contributed by atoms with Crippen molar-refractivity contribution in [3.05, 3.63) is 30.3 Å². The molecule has 0 unspecified atom stereocenters. The molecule has 3 heteroatoms. The summed E-state index contributed by atoms with van der Waals surface area (Å²) < 4.78 is 5.54. The second kappa shape index (κ2) is 7.25. The maximum atomic E-state index is 5.54. The summed E-state index contributed by atoms with van der Waals surface area (Å²) in [5.41, 5.74) is 4.73. The average molecular weight is 271 g/mol. The van der Waals surface area contributed by atoms with Gasteiger partial charge in [0.2, 0.25) is 0 Å². The van der Waals surface area contributed by atoms with Gasteiger partial charge in [0.15, 0.2) is 0 Å². The van der Waals surface area contributed by atoms with Gasteiger partial charge < -0.3 is 0 Å². The molecule has 0 spiro atoms. The van der Waals surface area contributed by atoms with Crippen molar-refractivity contribution >= 4 is 23.5 Å². The van der Waals surface area contributed by atoms with Gasteiger partial charge in [0, 0.05) is 0 Å². The monoisotopic (exact) mass is 271 g/mol. The first-order valence-corrected chi connectivity index (χ1v) is 11.7. The van der Waals surface area contributed by atoms with Crippen molar-refractivity contribution in [2.75, 3.05) is 12.4 Å². The molecule has 0 aliphatic carbocycles. The van der Waals surface area contributed by atoms with E-state index in [0.29, 0.717) is 0 Å². The normalized spacial score (nSPS) is 10.5. The molecule has 1 rings (SSSR count). The summed E-state index contributed by atoms with van der Waals surface area (Å²) in [6.07, 6.45) is 1.14. The van der Waals surface area contributed by atoms with E-state index in [4.69, 9.17) is 4.74 Å². The van der Waals surface area contributed by atoms with Crippen molar-refractivity contribution in [2.45, 2.75) is 17.8 Å². The van der Waals surface area contributed by atoms with Gasteiger partial charge in [-0.15, -0.1) is 0 Å². The molecule has 0 heterocycles. The fourth-order valence-corrected chi connectivity index (χ4v) is 4.68. The molecule has 0 bridgehead atoms. The molecule has 77 valence electrons. The van der Waals surface area contributed by atoms with Crippen LogP contribution in [0.3, 0.4) is 0 Å². The molecule has 0 fully saturated rings. The molecule has 0 aliphatic heterocycles. The number of hydrogen-bond donors (Lipinski definition) is 0. The summed E-state index contributed by atoms with van der Waals surface area (Å²) in [6, 6.07) is 10.8. The van der Waals surface area contributed by atoms with Gasteiger partial charge in [-0.1, -0.05) is 0 Å². The van der Waals surface area contributed by atoms with Gasteiger partial charge in [-0.3, -0.25) is 0 Å². The Kier molecular flexibility index (Phi) is 6.21. The minimum absolute atomic E-state index is 0.491. The fourth-order valence-electron chi connectivity index (χ4n) is 0.955. The molecule has 0 amide bonds. The van der Waals surface area contributed by atoms with Gasteiger partial charge in [0.1, 0.15) is 0 Å². The minimum atomic E-state index is -0.491. The number of hydrogen-bond acceptors (Lipinski definition) is 2. The van der Waals surface area contributed by atoms with E-state index in [0.717, 1.165) is 18.8 Å². The average Bonchev–Trinajstić information content (AvgIpc) is 2.18. The van der Waals surface area contributed by atoms with E-state index in [1.54, 1.807) is 0 Å². The first kappa shape index (κ1) is 12.0. The molecule has 1 nitrogen and oxygen atoms in total. The summed E-state index contributed by atoms with van der Waals surface area (Å²) in [4.78, 5) is 0. The topological polar surface area (TPSA) is 9.23 Å². The van der Waals surface area contributed by atoms with Gasteiger partial charge in [-0.2, -0.15) is 0 Å². The number of benzene rings is 1. The summed E-state index contributed by atoms with van der Waals surface area (Å²) in [5.74, 6) is 2.10. The van der Waals surface area contributed by atoms with E-state index in [9.17, 15) is 0 Å². The van der Waals surface area contributed by atoms with Crippen LogP contribution in [0.4, 0.5) is 0 Å². The van der Waals surface area contributed by atoms with Crippen LogP contribution in [0.1, 0.15) is 6.42 Å². The number of ether oxygens (including phenoxy) is 1. The van der Waals surface area contributed by atoms with Crippen LogP contribution in [-0.4, -0.2) is 25.9 Å². The van der Waals surface area contributed by atoms with Crippen LogP contribution >= 0.6 is 10.0 Å². The quantitative estimate of drug-likeness (QED) is 0.580. The molecule has 1 aromatic carbocycles. The first-order chi connectivity index (χ1) is 6.79. The Bertz CT molecular complexity index is 238. The number of rotatable bonds is 6. The van der Waals surface area contributed by atoms with Gasteiger partial charge in [-0.05, 0) is 0 Å². The van der Waals surface area contributed by atoms with Crippen molar-refractivity contribution in [1.29, 1.82) is 0 Å². The second-order valence-corrected chi connectivity index (χ2v) is 12.6. The van der Waals surface area contributed by atoms with Crippen molar-refractivity contribution < 1.29 is 4.74 Å². The Morgan fingerprint density at radius 3 is 2.93 bits per heavy atom. The maximum absolute atomic E-state index is 5.54. The first-order valence-electron chi connectivity index (χ1n) is 4.69. The van der Waals surface area contributed by atoms with E-state index >= 15 is 0 Å². The van der Waals surface area contributed by atoms with E-state index in [-0.39, 0.29) is 0 Å². The predicted octanol–water partition coefficient (Wildman–Crippen LogP) is 3.24. The van der Waals surface area contributed by atoms with Crippen LogP contribution in [-0.2, 0) is 0 Å². The van der Waals surface area contributed by atoms with Gasteiger partial charge in [-0.25, -0.2) is 0 Å². The third kappa shape index (κ3) is 5.62. The molecule has 1 aromatic rings. The molecule has 14 heavy (non-hydrogen) atoms. The van der Waals surface area contributed by atoms with Crippen molar-refractivity contribution in [2.24, 2.45) is 0 Å². The third-order valence-corrected chi connectivity index (χ3v) is 6.96. The zero-order chi connectivity index (χ0) is 10.2. The standard InChI is InChI=1S/C11H16AsOS/c1-12(2)14-10-6-9-13-11-7-4-3-5-8-11/h3-5,7H,6,9-10H2,1-2H3. The Morgan fingerprint density at radius 2 is 2.29 bits per heavy atom. The van der Waals surface area contributed by atoms with Crippen molar-refractivity contribution in [3.8, 4) is 5.75 Å². The van der Waals surface area contributed by atoms with E-state index < -0.39 is 13.5 Å². The molecular formula is C11H16AsOS. The van der Waals surface area contributed by atoms with Gasteiger partial charge in [0.05, 0.1) is 0 Å². The van der Waals surface area contributed by atoms with Crippen LogP contribution < -0.4 is 4.74 Å². The van der Waals surface area contributed by atoms with Crippen molar-refractivity contribution in [1.82, 2.24) is 0 Å². The summed E-state index contributed by atoms with van der Waals surface area (Å²) in [5, 5.41) is 0. The van der Waals surface area contributed by atoms with Crippen LogP contribution in [0, 0.1) is 6.07 Å². The van der Waals surface area contributed by atoms with Crippen LogP contribution in [0.25, 0.3) is 0 Å². The molecule has 0 saturated carbocycles. The summed E-state index contributed by atoms with van der Waals surface area (Å²) in [7, 11) is 2.12. The van der Waals surface area contributed by atoms with Gasteiger partial charge >= 0.3 is 94.5 Å². The molecule has 0 atom stereocenters. The van der Waals surface area contributed by atoms with E-state index in [1.807, 2.05) is 24.3 Å². The van der Waals surface area contributed by atoms with Crippen molar-refractivity contribution in [3.63, 3.8) is 0 Å². The Labute approximate surface area is 94.5 Å². The predicted molar refractivity (Wildman–Crippen MR) is 65.3 cm³/mol.